The summed E-state index contributed by atoms with van der Waals surface area (Å²) in [7, 11) is 0. The van der Waals surface area contributed by atoms with Crippen LogP contribution in [0.2, 0.25) is 0 Å². The first kappa shape index (κ1) is 17.8. The minimum absolute atomic E-state index is 0.221. The van der Waals surface area contributed by atoms with E-state index < -0.39 is 0 Å². The molecule has 0 fully saturated rings. The summed E-state index contributed by atoms with van der Waals surface area (Å²) in [5.41, 5.74) is 1.19. The Hall–Kier alpha value is -1.53. The number of benzene rings is 2. The lowest BCUT2D eigenvalue weighted by Crippen LogP contribution is -2.13. The molecule has 1 N–H and O–H groups in total. The molecular weight excluding hydrogens is 426 g/mol. The first-order valence-electron chi connectivity index (χ1n) is 7.21. The van der Waals surface area contributed by atoms with Crippen LogP contribution in [0.5, 0.6) is 11.5 Å². The number of nitrogens with one attached hydrogen (secondary N) is 1. The molecule has 0 spiro atoms. The van der Waals surface area contributed by atoms with E-state index in [1.807, 2.05) is 38.1 Å². The van der Waals surface area contributed by atoms with Gasteiger partial charge in [0.05, 0.1) is 23.4 Å². The maximum Gasteiger partial charge on any atom is 0.255 e. The number of ether oxygens (including phenoxy) is 2. The Morgan fingerprint density at radius 2 is 1.74 bits per heavy atom. The molecule has 0 aromatic heterocycles. The second-order valence-electron chi connectivity index (χ2n) is 4.59. The Morgan fingerprint density at radius 3 is 2.39 bits per heavy atom. The second kappa shape index (κ2) is 8.36. The Bertz CT molecular complexity index is 704. The van der Waals surface area contributed by atoms with E-state index in [0.717, 1.165) is 4.47 Å². The molecule has 0 bridgehead atoms. The average molecular weight is 443 g/mol. The zero-order valence-corrected chi connectivity index (χ0v) is 16.0. The van der Waals surface area contributed by atoms with E-state index in [4.69, 9.17) is 9.47 Å². The molecule has 0 saturated heterocycles. The summed E-state index contributed by atoms with van der Waals surface area (Å²) in [6, 6.07) is 10.9. The van der Waals surface area contributed by atoms with Crippen molar-refractivity contribution >= 4 is 43.5 Å². The van der Waals surface area contributed by atoms with Gasteiger partial charge in [0.15, 0.2) is 11.5 Å². The third-order valence-electron chi connectivity index (χ3n) is 2.98. The lowest BCUT2D eigenvalue weighted by Gasteiger charge is -2.15. The Kier molecular flexibility index (Phi) is 6.47. The molecule has 0 saturated carbocycles. The van der Waals surface area contributed by atoms with Gasteiger partial charge in [-0.2, -0.15) is 0 Å². The molecule has 4 nitrogen and oxygen atoms in total. The summed E-state index contributed by atoms with van der Waals surface area (Å²) >= 11 is 6.86. The zero-order chi connectivity index (χ0) is 16.8. The van der Waals surface area contributed by atoms with E-state index in [-0.39, 0.29) is 5.91 Å². The van der Waals surface area contributed by atoms with Crippen molar-refractivity contribution in [2.24, 2.45) is 0 Å². The molecule has 1 amide bonds. The van der Waals surface area contributed by atoms with Crippen LogP contribution < -0.4 is 14.8 Å². The molecule has 0 aliphatic rings. The highest BCUT2D eigenvalue weighted by Crippen LogP contribution is 2.37. The van der Waals surface area contributed by atoms with Gasteiger partial charge in [-0.25, -0.2) is 0 Å². The monoisotopic (exact) mass is 441 g/mol. The van der Waals surface area contributed by atoms with Gasteiger partial charge in [-0.15, -0.1) is 0 Å². The number of carbonyl (C=O) groups is 1. The van der Waals surface area contributed by atoms with Crippen LogP contribution in [0.4, 0.5) is 5.69 Å². The van der Waals surface area contributed by atoms with Gasteiger partial charge in [0.25, 0.3) is 5.91 Å². The van der Waals surface area contributed by atoms with Crippen molar-refractivity contribution in [3.63, 3.8) is 0 Å². The van der Waals surface area contributed by atoms with E-state index in [1.165, 1.54) is 0 Å². The zero-order valence-electron chi connectivity index (χ0n) is 12.9. The van der Waals surface area contributed by atoms with Gasteiger partial charge in [-0.1, -0.05) is 12.1 Å². The number of hydrogen-bond acceptors (Lipinski definition) is 3. The fraction of sp³-hybridized carbons (Fsp3) is 0.235. The van der Waals surface area contributed by atoms with Gasteiger partial charge in [0.1, 0.15) is 0 Å². The number of amides is 1. The predicted octanol–water partition coefficient (Wildman–Crippen LogP) is 5.26. The average Bonchev–Trinajstić information content (AvgIpc) is 2.53. The summed E-state index contributed by atoms with van der Waals surface area (Å²) in [4.78, 5) is 12.5. The van der Waals surface area contributed by atoms with E-state index in [1.54, 1.807) is 12.1 Å². The van der Waals surface area contributed by atoms with Gasteiger partial charge in [0, 0.05) is 10.0 Å². The smallest absolute Gasteiger partial charge is 0.255 e. The van der Waals surface area contributed by atoms with E-state index in [0.29, 0.717) is 40.4 Å². The number of halogens is 2. The van der Waals surface area contributed by atoms with Crippen LogP contribution in [-0.2, 0) is 0 Å². The quantitative estimate of drug-likeness (QED) is 0.663. The maximum atomic E-state index is 12.5. The molecule has 0 atom stereocenters. The third-order valence-corrected chi connectivity index (χ3v) is 4.26. The van der Waals surface area contributed by atoms with Gasteiger partial charge < -0.3 is 14.8 Å². The molecule has 0 heterocycles. The molecule has 0 unspecified atom stereocenters. The predicted molar refractivity (Wildman–Crippen MR) is 98.6 cm³/mol. The Balaban J connectivity index is 2.31. The van der Waals surface area contributed by atoms with Crippen LogP contribution in [0.25, 0.3) is 0 Å². The second-order valence-corrected chi connectivity index (χ2v) is 6.29. The maximum absolute atomic E-state index is 12.5. The molecule has 6 heteroatoms. The third kappa shape index (κ3) is 4.48. The largest absolute Gasteiger partial charge is 0.490 e. The Morgan fingerprint density at radius 1 is 1.04 bits per heavy atom. The highest BCUT2D eigenvalue weighted by atomic mass is 79.9. The first-order valence-corrected chi connectivity index (χ1v) is 8.80. The summed E-state index contributed by atoms with van der Waals surface area (Å²) in [6.07, 6.45) is 0. The van der Waals surface area contributed by atoms with E-state index in [2.05, 4.69) is 37.2 Å². The highest BCUT2D eigenvalue weighted by Gasteiger charge is 2.16. The van der Waals surface area contributed by atoms with Crippen LogP contribution in [0.3, 0.4) is 0 Å². The highest BCUT2D eigenvalue weighted by molar-refractivity contribution is 9.11. The van der Waals surface area contributed by atoms with Crippen LogP contribution >= 0.6 is 31.9 Å². The molecule has 2 aromatic rings. The normalized spacial score (nSPS) is 10.3. The van der Waals surface area contributed by atoms with E-state index >= 15 is 0 Å². The molecule has 0 aliphatic carbocycles. The van der Waals surface area contributed by atoms with Gasteiger partial charge in [-0.05, 0) is 70.0 Å². The summed E-state index contributed by atoms with van der Waals surface area (Å²) in [5, 5.41) is 2.87. The molecule has 122 valence electrons. The standard InChI is InChI=1S/C17H17Br2NO3/c1-3-22-15-10-11(9-13(19)16(15)23-4-2)17(21)20-14-8-6-5-7-12(14)18/h5-10H,3-4H2,1-2H3,(H,20,21). The molecule has 2 aromatic carbocycles. The topological polar surface area (TPSA) is 47.6 Å². The minimum atomic E-state index is -0.221. The molecular formula is C17H17Br2NO3. The van der Waals surface area contributed by atoms with E-state index in [9.17, 15) is 4.79 Å². The number of anilines is 1. The van der Waals surface area contributed by atoms with Crippen molar-refractivity contribution in [2.45, 2.75) is 13.8 Å². The van der Waals surface area contributed by atoms with Crippen molar-refractivity contribution in [1.29, 1.82) is 0 Å². The molecule has 2 rings (SSSR count). The van der Waals surface area contributed by atoms with Crippen LogP contribution in [-0.4, -0.2) is 19.1 Å². The first-order chi connectivity index (χ1) is 11.1. The van der Waals surface area contributed by atoms with Crippen molar-refractivity contribution in [3.05, 3.63) is 50.9 Å². The lowest BCUT2D eigenvalue weighted by atomic mass is 10.1. The van der Waals surface area contributed by atoms with Crippen LogP contribution in [0.1, 0.15) is 24.2 Å². The van der Waals surface area contributed by atoms with Gasteiger partial charge in [-0.3, -0.25) is 4.79 Å². The molecule has 0 radical (unpaired) electrons. The van der Waals surface area contributed by atoms with Gasteiger partial charge in [0.2, 0.25) is 0 Å². The summed E-state index contributed by atoms with van der Waals surface area (Å²) in [5.74, 6) is 0.925. The van der Waals surface area contributed by atoms with Crippen LogP contribution in [0.15, 0.2) is 45.3 Å². The fourth-order valence-electron chi connectivity index (χ4n) is 2.00. The Labute approximate surface area is 152 Å². The number of carbonyl (C=O) groups excluding carboxylic acids is 1. The van der Waals surface area contributed by atoms with Crippen molar-refractivity contribution in [3.8, 4) is 11.5 Å². The number of rotatable bonds is 6. The van der Waals surface area contributed by atoms with Crippen LogP contribution in [0, 0.1) is 0 Å². The van der Waals surface area contributed by atoms with Crippen molar-refractivity contribution in [1.82, 2.24) is 0 Å². The minimum Gasteiger partial charge on any atom is -0.490 e. The number of para-hydroxylation sites is 1. The fourth-order valence-corrected chi connectivity index (χ4v) is 2.94. The summed E-state index contributed by atoms with van der Waals surface area (Å²) in [6.45, 7) is 4.79. The lowest BCUT2D eigenvalue weighted by molar-refractivity contribution is 0.102. The SMILES string of the molecule is CCOc1cc(C(=O)Nc2ccccc2Br)cc(Br)c1OCC. The van der Waals surface area contributed by atoms with Crippen molar-refractivity contribution < 1.29 is 14.3 Å². The number of hydrogen-bond donors (Lipinski definition) is 1. The van der Waals surface area contributed by atoms with Gasteiger partial charge >= 0.3 is 0 Å². The molecule has 0 aliphatic heterocycles. The summed E-state index contributed by atoms with van der Waals surface area (Å²) < 4.78 is 12.7. The molecule has 23 heavy (non-hydrogen) atoms. The van der Waals surface area contributed by atoms with Crippen molar-refractivity contribution in [2.75, 3.05) is 18.5 Å².